The molecule has 3 nitrogen and oxygen atoms in total. The number of nitrogens with one attached hydrogen (secondary N) is 1. The van der Waals surface area contributed by atoms with E-state index in [9.17, 15) is 13.2 Å². The van der Waals surface area contributed by atoms with E-state index in [1.807, 2.05) is 0 Å². The van der Waals surface area contributed by atoms with Crippen LogP contribution in [0.1, 0.15) is 11.3 Å². The van der Waals surface area contributed by atoms with Gasteiger partial charge in [-0.3, -0.25) is 5.10 Å². The number of hydrogen-bond acceptors (Lipinski definition) is 2. The van der Waals surface area contributed by atoms with E-state index in [1.165, 1.54) is 0 Å². The minimum atomic E-state index is -4.52. The van der Waals surface area contributed by atoms with Gasteiger partial charge in [0.2, 0.25) is 0 Å². The van der Waals surface area contributed by atoms with Crippen molar-refractivity contribution in [2.75, 3.05) is 0 Å². The normalized spacial score (nSPS) is 11.9. The third-order valence-corrected chi connectivity index (χ3v) is 3.31. The molecule has 0 fully saturated rings. The topological polar surface area (TPSA) is 33.6 Å². The Hall–Kier alpha value is -1.05. The number of hydrogen-bond donors (Lipinski definition) is 1. The Morgan fingerprint density at radius 2 is 1.79 bits per heavy atom. The van der Waals surface area contributed by atoms with Crippen molar-refractivity contribution in [3.8, 4) is 5.69 Å². The van der Waals surface area contributed by atoms with Gasteiger partial charge in [-0.05, 0) is 19.1 Å². The molecule has 0 radical (unpaired) electrons. The summed E-state index contributed by atoms with van der Waals surface area (Å²) in [6.07, 6.45) is -4.52. The third kappa shape index (κ3) is 2.77. The summed E-state index contributed by atoms with van der Waals surface area (Å²) in [6.45, 7) is 1.65. The van der Waals surface area contributed by atoms with Crippen LogP contribution < -0.4 is 0 Å². The Morgan fingerprint density at radius 3 is 2.16 bits per heavy atom. The summed E-state index contributed by atoms with van der Waals surface area (Å²) in [5.41, 5.74) is -0.286. The molecule has 0 amide bonds. The second-order valence-corrected chi connectivity index (χ2v) is 4.95. The lowest BCUT2D eigenvalue weighted by molar-refractivity contribution is -0.137. The molecule has 1 aromatic carbocycles. The first-order chi connectivity index (χ1) is 8.70. The molecule has 0 saturated carbocycles. The lowest BCUT2D eigenvalue weighted by atomic mass is 10.2. The molecule has 9 heteroatoms. The van der Waals surface area contributed by atoms with Crippen LogP contribution in [0.25, 0.3) is 5.69 Å². The van der Waals surface area contributed by atoms with E-state index >= 15 is 0 Å². The van der Waals surface area contributed by atoms with Gasteiger partial charge in [-0.15, -0.1) is 0 Å². The van der Waals surface area contributed by atoms with Gasteiger partial charge in [0.1, 0.15) is 10.3 Å². The van der Waals surface area contributed by atoms with Crippen LogP contribution in [0, 0.1) is 11.6 Å². The smallest absolute Gasteiger partial charge is 0.265 e. The predicted octanol–water partition coefficient (Wildman–Crippen LogP) is 4.56. The lowest BCUT2D eigenvalue weighted by Gasteiger charge is -2.11. The van der Waals surface area contributed by atoms with Gasteiger partial charge in [0.25, 0.3) is 0 Å². The Bertz CT molecular complexity index is 667. The largest absolute Gasteiger partial charge is 0.416 e. The van der Waals surface area contributed by atoms with Crippen molar-refractivity contribution in [2.45, 2.75) is 13.1 Å². The van der Waals surface area contributed by atoms with E-state index < -0.39 is 11.7 Å². The van der Waals surface area contributed by atoms with E-state index in [0.717, 1.165) is 16.9 Å². The number of nitrogens with zero attached hydrogens (tertiary/aromatic N) is 2. The van der Waals surface area contributed by atoms with Crippen LogP contribution in [0.3, 0.4) is 0 Å². The van der Waals surface area contributed by atoms with E-state index in [1.54, 1.807) is 6.92 Å². The standard InChI is InChI=1S/C10H6Cl2F3N3S/c1-4-9(19)17-18(16-4)8-6(11)2-5(3-7(8)12)10(13,14)15/h2-3H,1H3,(H,17,19). The summed E-state index contributed by atoms with van der Waals surface area (Å²) in [6, 6.07) is 1.58. The molecule has 0 bridgehead atoms. The highest BCUT2D eigenvalue weighted by molar-refractivity contribution is 7.71. The molecule has 2 aromatic rings. The van der Waals surface area contributed by atoms with Gasteiger partial charge >= 0.3 is 6.18 Å². The van der Waals surface area contributed by atoms with E-state index in [-0.39, 0.29) is 15.7 Å². The first-order valence-electron chi connectivity index (χ1n) is 4.92. The van der Waals surface area contributed by atoms with Crippen molar-refractivity contribution in [2.24, 2.45) is 0 Å². The number of benzene rings is 1. The van der Waals surface area contributed by atoms with E-state index in [4.69, 9.17) is 35.4 Å². The van der Waals surface area contributed by atoms with Crippen LogP contribution in [0.4, 0.5) is 13.2 Å². The highest BCUT2D eigenvalue weighted by Crippen LogP contribution is 2.37. The molecule has 1 aromatic heterocycles. The fourth-order valence-corrected chi connectivity index (χ4v) is 2.21. The fourth-order valence-electron chi connectivity index (χ4n) is 1.43. The molecule has 0 atom stereocenters. The number of H-pyrrole nitrogens is 1. The summed E-state index contributed by atoms with van der Waals surface area (Å²) in [4.78, 5) is 1.16. The molecular formula is C10H6Cl2F3N3S. The van der Waals surface area contributed by atoms with E-state index in [0.29, 0.717) is 10.3 Å². The van der Waals surface area contributed by atoms with Crippen LogP contribution in [0.5, 0.6) is 0 Å². The van der Waals surface area contributed by atoms with Crippen molar-refractivity contribution < 1.29 is 13.2 Å². The zero-order valence-electron chi connectivity index (χ0n) is 9.35. The molecule has 1 N–H and O–H groups in total. The molecule has 0 aliphatic rings. The van der Waals surface area contributed by atoms with Crippen molar-refractivity contribution in [3.05, 3.63) is 38.1 Å². The van der Waals surface area contributed by atoms with Crippen molar-refractivity contribution in [1.82, 2.24) is 15.0 Å². The van der Waals surface area contributed by atoms with Crippen LogP contribution in [0.2, 0.25) is 10.0 Å². The number of alkyl halides is 3. The predicted molar refractivity (Wildman–Crippen MR) is 68.5 cm³/mol. The average Bonchev–Trinajstić information content (AvgIpc) is 2.56. The van der Waals surface area contributed by atoms with Crippen LogP contribution >= 0.6 is 35.4 Å². The minimum Gasteiger partial charge on any atom is -0.265 e. The van der Waals surface area contributed by atoms with Gasteiger partial charge in [0, 0.05) is 0 Å². The van der Waals surface area contributed by atoms with Crippen LogP contribution in [-0.4, -0.2) is 15.0 Å². The molecular weight excluding hydrogens is 322 g/mol. The molecule has 1 heterocycles. The zero-order valence-corrected chi connectivity index (χ0v) is 11.7. The van der Waals surface area contributed by atoms with Crippen molar-refractivity contribution in [1.29, 1.82) is 0 Å². The van der Waals surface area contributed by atoms with Gasteiger partial charge in [0.05, 0.1) is 21.3 Å². The maximum Gasteiger partial charge on any atom is 0.416 e. The van der Waals surface area contributed by atoms with Gasteiger partial charge in [-0.2, -0.15) is 23.1 Å². The molecule has 0 aliphatic heterocycles. The molecule has 0 saturated heterocycles. The molecule has 19 heavy (non-hydrogen) atoms. The molecule has 0 aliphatic carbocycles. The van der Waals surface area contributed by atoms with E-state index in [2.05, 4.69) is 10.2 Å². The lowest BCUT2D eigenvalue weighted by Crippen LogP contribution is -2.07. The Kier molecular flexibility index (Phi) is 3.63. The summed E-state index contributed by atoms with van der Waals surface area (Å²) in [5.74, 6) is 0. The number of aromatic amines is 1. The van der Waals surface area contributed by atoms with Crippen molar-refractivity contribution in [3.63, 3.8) is 0 Å². The second kappa shape index (κ2) is 4.81. The van der Waals surface area contributed by atoms with Crippen molar-refractivity contribution >= 4 is 35.4 Å². The number of aromatic nitrogens is 3. The minimum absolute atomic E-state index is 0.121. The quantitative estimate of drug-likeness (QED) is 0.779. The van der Waals surface area contributed by atoms with Gasteiger partial charge in [-0.1, -0.05) is 35.4 Å². The SMILES string of the molecule is Cc1nn(-c2c(Cl)cc(C(F)(F)F)cc2Cl)[nH]c1=S. The zero-order chi connectivity index (χ0) is 14.4. The fraction of sp³-hybridized carbons (Fsp3) is 0.200. The number of rotatable bonds is 1. The maximum absolute atomic E-state index is 12.6. The Labute approximate surface area is 120 Å². The average molecular weight is 328 g/mol. The molecule has 0 spiro atoms. The number of halogens is 5. The maximum atomic E-state index is 12.6. The molecule has 0 unspecified atom stereocenters. The second-order valence-electron chi connectivity index (χ2n) is 3.72. The summed E-state index contributed by atoms with van der Waals surface area (Å²) >= 11 is 16.6. The molecule has 2 rings (SSSR count). The summed E-state index contributed by atoms with van der Waals surface area (Å²) in [7, 11) is 0. The van der Waals surface area contributed by atoms with Crippen LogP contribution in [0.15, 0.2) is 12.1 Å². The first kappa shape index (κ1) is 14.4. The van der Waals surface area contributed by atoms with Gasteiger partial charge in [0.15, 0.2) is 0 Å². The summed E-state index contributed by atoms with van der Waals surface area (Å²) in [5, 5.41) is 6.33. The third-order valence-electron chi connectivity index (χ3n) is 2.34. The van der Waals surface area contributed by atoms with Gasteiger partial charge in [-0.25, -0.2) is 0 Å². The Morgan fingerprint density at radius 1 is 1.26 bits per heavy atom. The Balaban J connectivity index is 2.63. The van der Waals surface area contributed by atoms with Gasteiger partial charge < -0.3 is 0 Å². The number of aryl methyl sites for hydroxylation is 1. The highest BCUT2D eigenvalue weighted by atomic mass is 35.5. The van der Waals surface area contributed by atoms with Crippen LogP contribution in [-0.2, 0) is 6.18 Å². The first-order valence-corrected chi connectivity index (χ1v) is 6.09. The summed E-state index contributed by atoms with van der Waals surface area (Å²) < 4.78 is 38.1. The molecule has 102 valence electrons. The monoisotopic (exact) mass is 327 g/mol. The highest BCUT2D eigenvalue weighted by Gasteiger charge is 2.32.